The lowest BCUT2D eigenvalue weighted by molar-refractivity contribution is 0.0248. The summed E-state index contributed by atoms with van der Waals surface area (Å²) in [7, 11) is -1.71. The van der Waals surface area contributed by atoms with Crippen molar-refractivity contribution in [2.24, 2.45) is 23.7 Å². The van der Waals surface area contributed by atoms with E-state index in [-0.39, 0.29) is 0 Å². The predicted octanol–water partition coefficient (Wildman–Crippen LogP) is 5.81. The van der Waals surface area contributed by atoms with Crippen LogP contribution < -0.4 is 15.9 Å². The van der Waals surface area contributed by atoms with Crippen LogP contribution >= 0.6 is 7.26 Å². The summed E-state index contributed by atoms with van der Waals surface area (Å²) in [5, 5.41) is 4.78. The maximum Gasteiger partial charge on any atom is 0.115 e. The maximum atomic E-state index is 2.44. The predicted molar refractivity (Wildman–Crippen MR) is 126 cm³/mol. The minimum Gasteiger partial charge on any atom is -0.0620 e. The van der Waals surface area contributed by atoms with Crippen LogP contribution in [0.4, 0.5) is 0 Å². The van der Waals surface area contributed by atoms with Gasteiger partial charge in [0.25, 0.3) is 0 Å². The van der Waals surface area contributed by atoms with Gasteiger partial charge in [0.1, 0.15) is 23.2 Å². The van der Waals surface area contributed by atoms with Gasteiger partial charge in [0, 0.05) is 0 Å². The van der Waals surface area contributed by atoms with Crippen LogP contribution in [0.2, 0.25) is 0 Å². The fourth-order valence-corrected chi connectivity index (χ4v) is 13.1. The zero-order valence-electron chi connectivity index (χ0n) is 17.0. The van der Waals surface area contributed by atoms with Crippen molar-refractivity contribution in [2.45, 2.75) is 37.8 Å². The Morgan fingerprint density at radius 1 is 0.448 bits per heavy atom. The first-order chi connectivity index (χ1) is 14.4. The highest BCUT2D eigenvalue weighted by Gasteiger charge is 2.63. The molecule has 146 valence electrons. The molecule has 3 aromatic carbocycles. The number of hydrogen-bond donors (Lipinski definition) is 0. The second-order valence-electron chi connectivity index (χ2n) is 9.65. The Hall–Kier alpha value is -1.91. The van der Waals surface area contributed by atoms with Crippen LogP contribution in [0.1, 0.15) is 32.1 Å². The molecule has 0 saturated heterocycles. The summed E-state index contributed by atoms with van der Waals surface area (Å²) in [5.74, 6) is 3.83. The zero-order valence-corrected chi connectivity index (χ0v) is 17.9. The molecule has 4 saturated carbocycles. The molecule has 0 nitrogen and oxygen atoms in total. The highest BCUT2D eigenvalue weighted by atomic mass is 31.2. The van der Waals surface area contributed by atoms with Crippen molar-refractivity contribution in [3.05, 3.63) is 91.0 Å². The molecule has 0 heterocycles. The van der Waals surface area contributed by atoms with Crippen molar-refractivity contribution >= 4 is 23.2 Å². The molecule has 0 radical (unpaired) electrons. The molecule has 29 heavy (non-hydrogen) atoms. The van der Waals surface area contributed by atoms with E-state index in [9.17, 15) is 0 Å². The normalized spacial score (nSPS) is 30.4. The van der Waals surface area contributed by atoms with E-state index >= 15 is 0 Å². The fraction of sp³-hybridized carbons (Fsp3) is 0.357. The lowest BCUT2D eigenvalue weighted by Crippen LogP contribution is -2.54. The van der Waals surface area contributed by atoms with Gasteiger partial charge in [0.2, 0.25) is 0 Å². The van der Waals surface area contributed by atoms with Crippen molar-refractivity contribution < 1.29 is 0 Å². The van der Waals surface area contributed by atoms with Crippen LogP contribution in [-0.2, 0) is 0 Å². The van der Waals surface area contributed by atoms with Crippen LogP contribution in [-0.4, -0.2) is 5.66 Å². The number of hydrogen-bond acceptors (Lipinski definition) is 0. The lowest BCUT2D eigenvalue weighted by Gasteiger charge is -2.56. The summed E-state index contributed by atoms with van der Waals surface area (Å²) in [6.07, 6.45) is 7.43. The number of benzene rings is 3. The fourth-order valence-electron chi connectivity index (χ4n) is 7.48. The van der Waals surface area contributed by atoms with Crippen LogP contribution in [0.15, 0.2) is 91.0 Å². The highest BCUT2D eigenvalue weighted by molar-refractivity contribution is 7.96. The minimum atomic E-state index is -1.71. The Labute approximate surface area is 175 Å². The van der Waals surface area contributed by atoms with Gasteiger partial charge in [-0.15, -0.1) is 0 Å². The molecule has 1 heteroatoms. The molecule has 4 bridgehead atoms. The number of rotatable bonds is 4. The Morgan fingerprint density at radius 3 is 1.14 bits per heavy atom. The maximum absolute atomic E-state index is 2.44. The first-order valence-electron chi connectivity index (χ1n) is 11.4. The van der Waals surface area contributed by atoms with E-state index in [1.807, 2.05) is 0 Å². The molecular weight excluding hydrogens is 367 g/mol. The molecule has 0 aromatic heterocycles. The lowest BCUT2D eigenvalue weighted by atomic mass is 9.56. The first-order valence-corrected chi connectivity index (χ1v) is 13.3. The first kappa shape index (κ1) is 17.9. The molecule has 0 unspecified atom stereocenters. The van der Waals surface area contributed by atoms with Crippen molar-refractivity contribution in [2.75, 3.05) is 0 Å². The van der Waals surface area contributed by atoms with Crippen LogP contribution in [0.3, 0.4) is 0 Å². The smallest absolute Gasteiger partial charge is 0.0620 e. The highest BCUT2D eigenvalue weighted by Crippen LogP contribution is 2.71. The second-order valence-corrected chi connectivity index (χ2v) is 13.2. The third-order valence-corrected chi connectivity index (χ3v) is 13.2. The molecule has 0 atom stereocenters. The van der Waals surface area contributed by atoms with E-state index in [4.69, 9.17) is 0 Å². The zero-order chi connectivity index (χ0) is 19.3. The average molecular weight is 398 g/mol. The van der Waals surface area contributed by atoms with Gasteiger partial charge in [-0.3, -0.25) is 0 Å². The molecule has 4 aliphatic carbocycles. The largest absolute Gasteiger partial charge is 0.115 e. The monoisotopic (exact) mass is 397 g/mol. The van der Waals surface area contributed by atoms with Gasteiger partial charge < -0.3 is 0 Å². The molecule has 3 aromatic rings. The molecule has 4 fully saturated rings. The summed E-state index contributed by atoms with van der Waals surface area (Å²) < 4.78 is 0. The quantitative estimate of drug-likeness (QED) is 0.488. The van der Waals surface area contributed by atoms with Crippen molar-refractivity contribution in [3.8, 4) is 0 Å². The van der Waals surface area contributed by atoms with E-state index in [1.165, 1.54) is 32.1 Å². The molecule has 0 aliphatic heterocycles. The Morgan fingerprint density at radius 2 is 0.793 bits per heavy atom. The van der Waals surface area contributed by atoms with Gasteiger partial charge in [0.05, 0.1) is 5.66 Å². The van der Waals surface area contributed by atoms with E-state index < -0.39 is 7.26 Å². The van der Waals surface area contributed by atoms with Crippen LogP contribution in [0, 0.1) is 23.7 Å². The van der Waals surface area contributed by atoms with Crippen molar-refractivity contribution in [3.63, 3.8) is 0 Å². The Balaban J connectivity index is 1.64. The Kier molecular flexibility index (Phi) is 4.39. The standard InChI is InChI=1S/C28H30P/c1-4-10-25(11-5-1)29(26-12-6-2-7-13-26,27-14-8-3-9-15-27)28-23-17-21-16-22(19-23)20-24(28)18-21/h1-15,21-24,28H,16-20H2/q+1. The summed E-state index contributed by atoms with van der Waals surface area (Å²) >= 11 is 0. The SMILES string of the molecule is c1ccc([P+](c2ccccc2)(c2ccccc2)C2C3CC4CC(C3)CC2C4)cc1. The summed E-state index contributed by atoms with van der Waals surface area (Å²) in [5.41, 5.74) is 0.808. The van der Waals surface area contributed by atoms with Gasteiger partial charge in [-0.2, -0.15) is 0 Å². The topological polar surface area (TPSA) is 0 Å². The summed E-state index contributed by atoms with van der Waals surface area (Å²) in [4.78, 5) is 0. The van der Waals surface area contributed by atoms with Gasteiger partial charge in [-0.05, 0) is 92.2 Å². The second kappa shape index (κ2) is 7.10. The third kappa shape index (κ3) is 2.76. The molecule has 0 spiro atoms. The van der Waals surface area contributed by atoms with Crippen molar-refractivity contribution in [1.29, 1.82) is 0 Å². The van der Waals surface area contributed by atoms with E-state index in [0.29, 0.717) is 0 Å². The van der Waals surface area contributed by atoms with E-state index in [2.05, 4.69) is 91.0 Å². The van der Waals surface area contributed by atoms with Crippen molar-refractivity contribution in [1.82, 2.24) is 0 Å². The molecule has 7 rings (SSSR count). The van der Waals surface area contributed by atoms with Gasteiger partial charge in [-0.25, -0.2) is 0 Å². The van der Waals surface area contributed by atoms with Gasteiger partial charge in [0.15, 0.2) is 0 Å². The van der Waals surface area contributed by atoms with Gasteiger partial charge in [-0.1, -0.05) is 54.6 Å². The van der Waals surface area contributed by atoms with Gasteiger partial charge >= 0.3 is 0 Å². The minimum absolute atomic E-state index is 0.808. The molecular formula is C28H30P+. The van der Waals surface area contributed by atoms with E-state index in [0.717, 1.165) is 29.3 Å². The molecule has 0 amide bonds. The average Bonchev–Trinajstić information content (AvgIpc) is 2.78. The van der Waals surface area contributed by atoms with Crippen LogP contribution in [0.25, 0.3) is 0 Å². The molecule has 0 N–H and O–H groups in total. The summed E-state index contributed by atoms with van der Waals surface area (Å²) in [6, 6.07) is 34.8. The Bertz CT molecular complexity index is 838. The van der Waals surface area contributed by atoms with E-state index in [1.54, 1.807) is 15.9 Å². The summed E-state index contributed by atoms with van der Waals surface area (Å²) in [6.45, 7) is 0. The third-order valence-electron chi connectivity index (χ3n) is 8.11. The van der Waals surface area contributed by atoms with Crippen LogP contribution in [0.5, 0.6) is 0 Å². The molecule has 4 aliphatic rings.